The number of carbonyl (C=O) groups is 1. The van der Waals surface area contributed by atoms with Crippen molar-refractivity contribution in [1.29, 1.82) is 0 Å². The molecule has 0 heterocycles. The first-order valence-corrected chi connectivity index (χ1v) is 2.59. The molecule has 19 N–H and O–H groups in total. The third kappa shape index (κ3) is 23.9. The first kappa shape index (κ1) is 71.4. The van der Waals surface area contributed by atoms with E-state index in [9.17, 15) is 4.79 Å². The molecule has 0 aromatic heterocycles. The molecule has 0 aliphatic rings. The van der Waals surface area contributed by atoms with E-state index in [2.05, 4.69) is 0 Å². The van der Waals surface area contributed by atoms with Gasteiger partial charge in [0.1, 0.15) is 0 Å². The molecule has 0 fully saturated rings. The van der Waals surface area contributed by atoms with Gasteiger partial charge in [0.05, 0.1) is 5.56 Å². The van der Waals surface area contributed by atoms with Gasteiger partial charge in [-0.1, -0.05) is 18.2 Å². The Balaban J connectivity index is -0.0000000129. The van der Waals surface area contributed by atoms with Crippen molar-refractivity contribution in [3.8, 4) is 0 Å². The van der Waals surface area contributed by atoms with E-state index in [-0.39, 0.29) is 49.3 Å². The predicted octanol–water partition coefficient (Wildman–Crippen LogP) is -6.04. The molecule has 0 spiro atoms. The van der Waals surface area contributed by atoms with Gasteiger partial charge < -0.3 is 54.4 Å². The van der Waals surface area contributed by atoms with Gasteiger partial charge in [0, 0.05) is 0 Å². The molecule has 0 radical (unpaired) electrons. The van der Waals surface area contributed by atoms with Crippen LogP contribution in [0.2, 0.25) is 0 Å². The molecule has 0 saturated carbocycles. The molecular formula is C7H24O11. The van der Waals surface area contributed by atoms with Gasteiger partial charge in [-0.25, -0.2) is 4.79 Å². The monoisotopic (exact) mass is 284 g/mol. The number of carboxylic acid groups (broad SMARTS) is 1. The van der Waals surface area contributed by atoms with Crippen LogP contribution in [0.1, 0.15) is 10.4 Å². The van der Waals surface area contributed by atoms with Gasteiger partial charge in [-0.15, -0.1) is 0 Å². The number of carboxylic acids is 1. The molecule has 1 aromatic carbocycles. The van der Waals surface area contributed by atoms with E-state index in [1.54, 1.807) is 30.3 Å². The van der Waals surface area contributed by atoms with Crippen LogP contribution >= 0.6 is 0 Å². The summed E-state index contributed by atoms with van der Waals surface area (Å²) in [6.07, 6.45) is 0. The smallest absolute Gasteiger partial charge is 0.335 e. The molecule has 1 rings (SSSR count). The topological polar surface area (TPSA) is 321 Å². The van der Waals surface area contributed by atoms with Crippen molar-refractivity contribution in [3.05, 3.63) is 35.9 Å². The van der Waals surface area contributed by atoms with Crippen molar-refractivity contribution in [2.24, 2.45) is 0 Å². The second-order valence-electron chi connectivity index (χ2n) is 1.67. The van der Waals surface area contributed by atoms with Crippen LogP contribution in [0.5, 0.6) is 0 Å². The summed E-state index contributed by atoms with van der Waals surface area (Å²) in [5.74, 6) is -0.879. The van der Waals surface area contributed by atoms with E-state index in [0.29, 0.717) is 5.56 Å². The van der Waals surface area contributed by atoms with Gasteiger partial charge in [0.2, 0.25) is 0 Å². The second kappa shape index (κ2) is 36.2. The molecule has 0 unspecified atom stereocenters. The van der Waals surface area contributed by atoms with Gasteiger partial charge in [0.25, 0.3) is 0 Å². The Kier molecular flexibility index (Phi) is 144. The van der Waals surface area contributed by atoms with Crippen LogP contribution in [0.3, 0.4) is 0 Å². The molecule has 0 bridgehead atoms. The van der Waals surface area contributed by atoms with E-state index >= 15 is 0 Å². The molecular weight excluding hydrogens is 260 g/mol. The Labute approximate surface area is 102 Å². The molecule has 0 aliphatic carbocycles. The third-order valence-electron chi connectivity index (χ3n) is 1.02. The maximum atomic E-state index is 10.2. The summed E-state index contributed by atoms with van der Waals surface area (Å²) in [5, 5.41) is 8.38. The summed E-state index contributed by atoms with van der Waals surface area (Å²) in [5.41, 5.74) is 0.331. The van der Waals surface area contributed by atoms with Gasteiger partial charge in [-0.2, -0.15) is 0 Å². The van der Waals surface area contributed by atoms with Crippen LogP contribution in [0.15, 0.2) is 30.3 Å². The lowest BCUT2D eigenvalue weighted by Crippen LogP contribution is -1.93. The average molecular weight is 284 g/mol. The summed E-state index contributed by atoms with van der Waals surface area (Å²) < 4.78 is 0. The Morgan fingerprint density at radius 2 is 0.944 bits per heavy atom. The van der Waals surface area contributed by atoms with Crippen LogP contribution in [-0.4, -0.2) is 60.4 Å². The van der Waals surface area contributed by atoms with Crippen LogP contribution in [0.25, 0.3) is 0 Å². The number of aromatic carboxylic acids is 1. The fourth-order valence-corrected chi connectivity index (χ4v) is 0.581. The molecule has 18 heavy (non-hydrogen) atoms. The van der Waals surface area contributed by atoms with Crippen molar-refractivity contribution in [1.82, 2.24) is 0 Å². The van der Waals surface area contributed by atoms with Crippen molar-refractivity contribution in [3.63, 3.8) is 0 Å². The minimum Gasteiger partial charge on any atom is -0.478 e. The summed E-state index contributed by atoms with van der Waals surface area (Å²) in [4.78, 5) is 10.2. The number of hydrogen-bond acceptors (Lipinski definition) is 1. The minimum absolute atomic E-state index is 0. The van der Waals surface area contributed by atoms with E-state index in [1.807, 2.05) is 0 Å². The predicted molar refractivity (Wildman–Crippen MR) is 65.9 cm³/mol. The molecule has 118 valence electrons. The maximum absolute atomic E-state index is 10.2. The lowest BCUT2D eigenvalue weighted by atomic mass is 10.2. The number of rotatable bonds is 1. The van der Waals surface area contributed by atoms with Gasteiger partial charge in [-0.3, -0.25) is 0 Å². The minimum atomic E-state index is -0.879. The molecule has 0 amide bonds. The van der Waals surface area contributed by atoms with E-state index in [4.69, 9.17) is 5.11 Å². The highest BCUT2D eigenvalue weighted by atomic mass is 16.4. The molecule has 0 saturated heterocycles. The molecule has 11 nitrogen and oxygen atoms in total. The summed E-state index contributed by atoms with van der Waals surface area (Å²) in [6.45, 7) is 0. The van der Waals surface area contributed by atoms with Gasteiger partial charge in [-0.05, 0) is 12.1 Å². The molecule has 0 aliphatic heterocycles. The number of hydrogen-bond donors (Lipinski definition) is 1. The average Bonchev–Trinajstić information content (AvgIpc) is 1.90. The highest BCUT2D eigenvalue weighted by Crippen LogP contribution is 1.96. The fraction of sp³-hybridized carbons (Fsp3) is 0. The first-order valence-electron chi connectivity index (χ1n) is 2.59. The Morgan fingerprint density at radius 1 is 0.667 bits per heavy atom. The lowest BCUT2D eigenvalue weighted by Gasteiger charge is -1.88. The SMILES string of the molecule is O.O.O.O.O.O.O.O.O.O=C(O)c1ccccc1. The zero-order chi connectivity index (χ0) is 6.69. The maximum Gasteiger partial charge on any atom is 0.335 e. The van der Waals surface area contributed by atoms with Crippen LogP contribution in [0, 0.1) is 0 Å². The number of benzene rings is 1. The van der Waals surface area contributed by atoms with Gasteiger partial charge in [0.15, 0.2) is 0 Å². The van der Waals surface area contributed by atoms with E-state index in [1.165, 1.54) is 0 Å². The standard InChI is InChI=1S/C7H6O2.9H2O/c8-7(9)6-4-2-1-3-5-6;;;;;;;;;/h1-5H,(H,8,9);9*1H2. The highest BCUT2D eigenvalue weighted by Gasteiger charge is 1.96. The van der Waals surface area contributed by atoms with Crippen molar-refractivity contribution in [2.45, 2.75) is 0 Å². The highest BCUT2D eigenvalue weighted by molar-refractivity contribution is 5.87. The van der Waals surface area contributed by atoms with Crippen LogP contribution < -0.4 is 0 Å². The van der Waals surface area contributed by atoms with Gasteiger partial charge >= 0.3 is 5.97 Å². The Morgan fingerprint density at radius 3 is 1.11 bits per heavy atom. The third-order valence-corrected chi connectivity index (χ3v) is 1.02. The largest absolute Gasteiger partial charge is 0.478 e. The Hall–Kier alpha value is -1.67. The molecule has 1 aromatic rings. The zero-order valence-electron chi connectivity index (χ0n) is 9.24. The fourth-order valence-electron chi connectivity index (χ4n) is 0.581. The zero-order valence-corrected chi connectivity index (χ0v) is 9.24. The second-order valence-corrected chi connectivity index (χ2v) is 1.67. The van der Waals surface area contributed by atoms with E-state index in [0.717, 1.165) is 0 Å². The quantitative estimate of drug-likeness (QED) is 0.525. The summed E-state index contributed by atoms with van der Waals surface area (Å²) in [7, 11) is 0. The van der Waals surface area contributed by atoms with Crippen LogP contribution in [0.4, 0.5) is 0 Å². The van der Waals surface area contributed by atoms with Crippen molar-refractivity contribution >= 4 is 5.97 Å². The molecule has 11 heteroatoms. The van der Waals surface area contributed by atoms with Crippen LogP contribution in [-0.2, 0) is 0 Å². The first-order chi connectivity index (χ1) is 4.30. The van der Waals surface area contributed by atoms with Crippen molar-refractivity contribution < 1.29 is 59.2 Å². The van der Waals surface area contributed by atoms with Crippen molar-refractivity contribution in [2.75, 3.05) is 0 Å². The Bertz CT molecular complexity index is 214. The lowest BCUT2D eigenvalue weighted by molar-refractivity contribution is 0.0697. The summed E-state index contributed by atoms with van der Waals surface area (Å²) in [6, 6.07) is 8.30. The van der Waals surface area contributed by atoms with E-state index < -0.39 is 5.97 Å². The summed E-state index contributed by atoms with van der Waals surface area (Å²) >= 11 is 0. The normalized spacial score (nSPS) is 4.44. The molecule has 0 atom stereocenters.